The maximum absolute atomic E-state index is 12.0. The average Bonchev–Trinajstić information content (AvgIpc) is 2.35. The Morgan fingerprint density at radius 2 is 1.84 bits per heavy atom. The largest absolute Gasteiger partial charge is 0.335 e. The van der Waals surface area contributed by atoms with Gasteiger partial charge in [-0.15, -0.1) is 0 Å². The monoisotopic (exact) mass is 265 g/mol. The second-order valence-corrected chi connectivity index (χ2v) is 4.77. The van der Waals surface area contributed by atoms with Crippen molar-refractivity contribution in [2.75, 3.05) is 0 Å². The van der Waals surface area contributed by atoms with Gasteiger partial charge in [-0.25, -0.2) is 0 Å². The van der Waals surface area contributed by atoms with Crippen molar-refractivity contribution in [2.24, 2.45) is 5.73 Å². The standard InChI is InChI=1S/C13H19N3O3/c1-9(2)15(13(17)10(3)14)8-11-4-6-12(7-5-11)16(18)19/h4-7,9-10H,8,14H2,1-3H3/t10-/m0/s1. The summed E-state index contributed by atoms with van der Waals surface area (Å²) in [7, 11) is 0. The van der Waals surface area contributed by atoms with E-state index in [0.717, 1.165) is 5.56 Å². The molecule has 0 unspecified atom stereocenters. The first-order valence-electron chi connectivity index (χ1n) is 6.12. The molecule has 6 heteroatoms. The van der Waals surface area contributed by atoms with E-state index in [4.69, 9.17) is 5.73 Å². The van der Waals surface area contributed by atoms with Crippen molar-refractivity contribution in [1.29, 1.82) is 0 Å². The molecule has 0 radical (unpaired) electrons. The molecule has 0 saturated heterocycles. The number of hydrogen-bond acceptors (Lipinski definition) is 4. The van der Waals surface area contributed by atoms with Crippen molar-refractivity contribution in [1.82, 2.24) is 4.90 Å². The first-order chi connectivity index (χ1) is 8.82. The third kappa shape index (κ3) is 4.03. The van der Waals surface area contributed by atoms with Gasteiger partial charge in [0.15, 0.2) is 0 Å². The number of nitrogens with zero attached hydrogens (tertiary/aromatic N) is 2. The molecule has 1 atom stereocenters. The molecule has 104 valence electrons. The summed E-state index contributed by atoms with van der Waals surface area (Å²) < 4.78 is 0. The number of hydrogen-bond donors (Lipinski definition) is 1. The second kappa shape index (κ2) is 6.29. The molecule has 0 fully saturated rings. The highest BCUT2D eigenvalue weighted by Gasteiger charge is 2.20. The third-order valence-corrected chi connectivity index (χ3v) is 2.80. The fraction of sp³-hybridized carbons (Fsp3) is 0.462. The van der Waals surface area contributed by atoms with Gasteiger partial charge in [-0.2, -0.15) is 0 Å². The number of rotatable bonds is 5. The number of amides is 1. The van der Waals surface area contributed by atoms with E-state index in [2.05, 4.69) is 0 Å². The van der Waals surface area contributed by atoms with Crippen molar-refractivity contribution in [3.63, 3.8) is 0 Å². The summed E-state index contributed by atoms with van der Waals surface area (Å²) in [5, 5.41) is 10.6. The van der Waals surface area contributed by atoms with Crippen LogP contribution in [0.5, 0.6) is 0 Å². The van der Waals surface area contributed by atoms with Crippen molar-refractivity contribution in [3.05, 3.63) is 39.9 Å². The van der Waals surface area contributed by atoms with Gasteiger partial charge in [-0.3, -0.25) is 14.9 Å². The molecule has 1 amide bonds. The molecule has 1 rings (SSSR count). The van der Waals surface area contributed by atoms with Crippen LogP contribution in [0.2, 0.25) is 0 Å². The predicted octanol–water partition coefficient (Wildman–Crippen LogP) is 1.68. The Kier molecular flexibility index (Phi) is 5.00. The summed E-state index contributed by atoms with van der Waals surface area (Å²) in [6, 6.07) is 5.65. The van der Waals surface area contributed by atoms with Gasteiger partial charge < -0.3 is 10.6 Å². The van der Waals surface area contributed by atoms with Gasteiger partial charge in [0.05, 0.1) is 11.0 Å². The van der Waals surface area contributed by atoms with Gasteiger partial charge in [0.25, 0.3) is 5.69 Å². The highest BCUT2D eigenvalue weighted by Crippen LogP contribution is 2.15. The summed E-state index contributed by atoms with van der Waals surface area (Å²) in [5.41, 5.74) is 6.49. The summed E-state index contributed by atoms with van der Waals surface area (Å²) in [6.07, 6.45) is 0. The van der Waals surface area contributed by atoms with Crippen molar-refractivity contribution in [3.8, 4) is 0 Å². The van der Waals surface area contributed by atoms with E-state index < -0.39 is 11.0 Å². The highest BCUT2D eigenvalue weighted by molar-refractivity contribution is 5.81. The van der Waals surface area contributed by atoms with E-state index >= 15 is 0 Å². The normalized spacial score (nSPS) is 12.3. The Hall–Kier alpha value is -1.95. The van der Waals surface area contributed by atoms with Gasteiger partial charge in [-0.1, -0.05) is 12.1 Å². The van der Waals surface area contributed by atoms with E-state index in [0.29, 0.717) is 6.54 Å². The summed E-state index contributed by atoms with van der Waals surface area (Å²) in [5.74, 6) is -0.131. The third-order valence-electron chi connectivity index (χ3n) is 2.80. The van der Waals surface area contributed by atoms with Gasteiger partial charge in [0.1, 0.15) is 0 Å². The topological polar surface area (TPSA) is 89.5 Å². The van der Waals surface area contributed by atoms with Crippen LogP contribution in [0, 0.1) is 10.1 Å². The molecule has 0 aromatic heterocycles. The van der Waals surface area contributed by atoms with Crippen molar-refractivity contribution < 1.29 is 9.72 Å². The molecule has 2 N–H and O–H groups in total. The molecule has 0 aliphatic rings. The van der Waals surface area contributed by atoms with Crippen LogP contribution in [0.15, 0.2) is 24.3 Å². The minimum absolute atomic E-state index is 0.0219. The maximum atomic E-state index is 12.0. The van der Waals surface area contributed by atoms with Crippen molar-refractivity contribution >= 4 is 11.6 Å². The van der Waals surface area contributed by atoms with Crippen molar-refractivity contribution in [2.45, 2.75) is 39.4 Å². The lowest BCUT2D eigenvalue weighted by molar-refractivity contribution is -0.384. The zero-order valence-corrected chi connectivity index (χ0v) is 11.4. The van der Waals surface area contributed by atoms with E-state index in [1.165, 1.54) is 12.1 Å². The minimum Gasteiger partial charge on any atom is -0.335 e. The Bertz CT molecular complexity index is 455. The Morgan fingerprint density at radius 3 is 2.21 bits per heavy atom. The van der Waals surface area contributed by atoms with Crippen LogP contribution in [0.4, 0.5) is 5.69 Å². The number of nitro benzene ring substituents is 1. The lowest BCUT2D eigenvalue weighted by Crippen LogP contribution is -2.45. The Morgan fingerprint density at radius 1 is 1.32 bits per heavy atom. The van der Waals surface area contributed by atoms with E-state index in [-0.39, 0.29) is 17.6 Å². The number of nitro groups is 1. The second-order valence-electron chi connectivity index (χ2n) is 4.77. The summed E-state index contributed by atoms with van der Waals surface area (Å²) in [6.45, 7) is 5.86. The van der Waals surface area contributed by atoms with Gasteiger partial charge >= 0.3 is 0 Å². The molecule has 19 heavy (non-hydrogen) atoms. The smallest absolute Gasteiger partial charge is 0.269 e. The van der Waals surface area contributed by atoms with E-state index in [1.807, 2.05) is 13.8 Å². The lowest BCUT2D eigenvalue weighted by atomic mass is 10.1. The Balaban J connectivity index is 2.85. The SMILES string of the molecule is CC(C)N(Cc1ccc([N+](=O)[O-])cc1)C(=O)[C@H](C)N. The number of carbonyl (C=O) groups is 1. The zero-order valence-electron chi connectivity index (χ0n) is 11.4. The first-order valence-corrected chi connectivity index (χ1v) is 6.12. The van der Waals surface area contributed by atoms with Gasteiger partial charge in [-0.05, 0) is 26.3 Å². The molecular formula is C13H19N3O3. The molecule has 0 aliphatic heterocycles. The molecular weight excluding hydrogens is 246 g/mol. The number of nitrogens with two attached hydrogens (primary N) is 1. The van der Waals surface area contributed by atoms with E-state index in [9.17, 15) is 14.9 Å². The van der Waals surface area contributed by atoms with Crippen LogP contribution in [0.25, 0.3) is 0 Å². The van der Waals surface area contributed by atoms with Crippen LogP contribution in [0.3, 0.4) is 0 Å². The summed E-state index contributed by atoms with van der Waals surface area (Å²) >= 11 is 0. The molecule has 0 saturated carbocycles. The quantitative estimate of drug-likeness (QED) is 0.648. The molecule has 0 aliphatic carbocycles. The fourth-order valence-corrected chi connectivity index (χ4v) is 1.70. The average molecular weight is 265 g/mol. The van der Waals surface area contributed by atoms with Crippen LogP contribution >= 0.6 is 0 Å². The molecule has 0 bridgehead atoms. The van der Waals surface area contributed by atoms with E-state index in [1.54, 1.807) is 24.0 Å². The van der Waals surface area contributed by atoms with Crippen LogP contribution in [-0.4, -0.2) is 27.8 Å². The molecule has 0 spiro atoms. The number of non-ortho nitro benzene ring substituents is 1. The molecule has 0 heterocycles. The number of benzene rings is 1. The van der Waals surface area contributed by atoms with Crippen LogP contribution in [-0.2, 0) is 11.3 Å². The predicted molar refractivity (Wildman–Crippen MR) is 72.4 cm³/mol. The minimum atomic E-state index is -0.555. The van der Waals surface area contributed by atoms with Crippen LogP contribution < -0.4 is 5.73 Å². The lowest BCUT2D eigenvalue weighted by Gasteiger charge is -2.28. The summed E-state index contributed by atoms with van der Waals surface area (Å²) in [4.78, 5) is 23.7. The maximum Gasteiger partial charge on any atom is 0.269 e. The van der Waals surface area contributed by atoms with Gasteiger partial charge in [0.2, 0.25) is 5.91 Å². The Labute approximate surface area is 112 Å². The van der Waals surface area contributed by atoms with Gasteiger partial charge in [0, 0.05) is 24.7 Å². The molecule has 1 aromatic carbocycles. The van der Waals surface area contributed by atoms with Crippen LogP contribution in [0.1, 0.15) is 26.3 Å². The highest BCUT2D eigenvalue weighted by atomic mass is 16.6. The zero-order chi connectivity index (χ0) is 14.6. The fourth-order valence-electron chi connectivity index (χ4n) is 1.70. The molecule has 1 aromatic rings. The molecule has 6 nitrogen and oxygen atoms in total. The first kappa shape index (κ1) is 15.1. The number of carbonyl (C=O) groups excluding carboxylic acids is 1.